The van der Waals surface area contributed by atoms with Crippen molar-refractivity contribution in [3.63, 3.8) is 0 Å². The van der Waals surface area contributed by atoms with Crippen LogP contribution < -0.4 is 15.3 Å². The van der Waals surface area contributed by atoms with Crippen LogP contribution in [0.15, 0.2) is 88.8 Å². The molecule has 0 aromatic heterocycles. The number of nitrogens with one attached hydrogen (secondary N) is 1. The lowest BCUT2D eigenvalue weighted by Gasteiger charge is -2.25. The average Bonchev–Trinajstić information content (AvgIpc) is 3.14. The molecule has 1 atom stereocenters. The molecule has 8 nitrogen and oxygen atoms in total. The topological polar surface area (TPSA) is 133 Å². The summed E-state index contributed by atoms with van der Waals surface area (Å²) >= 11 is 12.4. The van der Waals surface area contributed by atoms with Crippen LogP contribution in [0.4, 0.5) is 5.69 Å². The van der Waals surface area contributed by atoms with Crippen LogP contribution in [0.2, 0.25) is 10.0 Å². The number of anilines is 1. The van der Waals surface area contributed by atoms with E-state index in [4.69, 9.17) is 28.3 Å². The number of carboxylic acids is 2. The molecule has 0 saturated heterocycles. The number of fused-ring (bicyclic) bond motifs is 1. The Morgan fingerprint density at radius 1 is 0.971 bits per heavy atom. The summed E-state index contributed by atoms with van der Waals surface area (Å²) in [5.41, 5.74) is -1.67. The van der Waals surface area contributed by atoms with Crippen LogP contribution >= 0.6 is 23.2 Å². The molecule has 0 spiro atoms. The van der Waals surface area contributed by atoms with Gasteiger partial charge in [-0.15, -0.1) is 0 Å². The highest BCUT2D eigenvalue weighted by Gasteiger charge is 2.46. The van der Waals surface area contributed by atoms with E-state index in [1.54, 1.807) is 18.2 Å². The van der Waals surface area contributed by atoms with Crippen LogP contribution in [0, 0.1) is 0 Å². The number of benzene rings is 3. The van der Waals surface area contributed by atoms with E-state index >= 15 is 0 Å². The second kappa shape index (κ2) is 9.18. The maximum atomic E-state index is 12.7. The number of nitrogens with zero attached hydrogens (tertiary/aromatic N) is 1. The number of aliphatic carboxylic acids is 2. The first-order valence-electron chi connectivity index (χ1n) is 9.97. The standard InChI is InChI=1S/C24H16Cl2N2O6S/c25-15-12-19(26)22-18(10-11-21(29)30)24(23(31)32,27-20(22)13-15)14-6-8-16(9-7-14)28-35(33,34)17-4-2-1-3-5-17/h1-13,28H,(H,29,30)(H,31,32). The molecule has 0 radical (unpaired) electrons. The molecule has 1 aliphatic rings. The van der Waals surface area contributed by atoms with Crippen LogP contribution in [-0.2, 0) is 25.2 Å². The second-order valence-corrected chi connectivity index (χ2v) is 10.0. The van der Waals surface area contributed by atoms with Crippen molar-refractivity contribution in [2.75, 3.05) is 4.72 Å². The SMILES string of the molecule is O=C(O)C=CC1=c2c(Cl)cc(Cl)cc2=NC1(C(=O)O)c1ccc(NS(=O)(=O)c2ccccc2)cc1. The van der Waals surface area contributed by atoms with Crippen molar-refractivity contribution < 1.29 is 28.2 Å². The minimum atomic E-state index is -3.86. The van der Waals surface area contributed by atoms with E-state index < -0.39 is 27.5 Å². The predicted octanol–water partition coefficient (Wildman–Crippen LogP) is 3.20. The Balaban J connectivity index is 1.85. The van der Waals surface area contributed by atoms with Gasteiger partial charge in [0.25, 0.3) is 10.0 Å². The molecular formula is C24H16Cl2N2O6S. The summed E-state index contributed by atoms with van der Waals surface area (Å²) in [7, 11) is -3.86. The number of halogens is 2. The fourth-order valence-corrected chi connectivity index (χ4v) is 5.46. The summed E-state index contributed by atoms with van der Waals surface area (Å²) < 4.78 is 27.7. The summed E-state index contributed by atoms with van der Waals surface area (Å²) in [6, 6.07) is 16.2. The van der Waals surface area contributed by atoms with Gasteiger partial charge in [0.15, 0.2) is 0 Å². The maximum Gasteiger partial charge on any atom is 0.341 e. The number of rotatable bonds is 7. The quantitative estimate of drug-likeness (QED) is 0.401. The highest BCUT2D eigenvalue weighted by Crippen LogP contribution is 2.38. The summed E-state index contributed by atoms with van der Waals surface area (Å²) in [4.78, 5) is 28.3. The Kier molecular flexibility index (Phi) is 6.42. The maximum absolute atomic E-state index is 12.7. The zero-order valence-electron chi connectivity index (χ0n) is 17.6. The Bertz CT molecular complexity index is 1600. The second-order valence-electron chi connectivity index (χ2n) is 7.49. The smallest absolute Gasteiger partial charge is 0.341 e. The Morgan fingerprint density at radius 3 is 2.23 bits per heavy atom. The minimum absolute atomic E-state index is 0.0293. The number of hydrogen-bond acceptors (Lipinski definition) is 5. The third-order valence-electron chi connectivity index (χ3n) is 5.29. The minimum Gasteiger partial charge on any atom is -0.479 e. The highest BCUT2D eigenvalue weighted by atomic mass is 35.5. The molecule has 4 rings (SSSR count). The van der Waals surface area contributed by atoms with Crippen LogP contribution in [0.5, 0.6) is 0 Å². The zero-order valence-corrected chi connectivity index (χ0v) is 20.0. The highest BCUT2D eigenvalue weighted by molar-refractivity contribution is 7.92. The van der Waals surface area contributed by atoms with Crippen molar-refractivity contribution in [3.05, 3.63) is 105 Å². The normalized spacial score (nSPS) is 17.1. The summed E-state index contributed by atoms with van der Waals surface area (Å²) in [5, 5.41) is 20.2. The van der Waals surface area contributed by atoms with E-state index in [2.05, 4.69) is 9.71 Å². The number of carboxylic acid groups (broad SMARTS) is 2. The Morgan fingerprint density at radius 2 is 1.63 bits per heavy atom. The molecule has 1 heterocycles. The number of carbonyl (C=O) groups is 2. The summed E-state index contributed by atoms with van der Waals surface area (Å²) in [5.74, 6) is -2.68. The van der Waals surface area contributed by atoms with Gasteiger partial charge in [-0.3, -0.25) is 9.71 Å². The largest absolute Gasteiger partial charge is 0.479 e. The monoisotopic (exact) mass is 530 g/mol. The van der Waals surface area contributed by atoms with Gasteiger partial charge >= 0.3 is 11.9 Å². The van der Waals surface area contributed by atoms with Gasteiger partial charge in [0.05, 0.1) is 15.3 Å². The predicted molar refractivity (Wildman–Crippen MR) is 130 cm³/mol. The van der Waals surface area contributed by atoms with Gasteiger partial charge < -0.3 is 10.2 Å². The van der Waals surface area contributed by atoms with Gasteiger partial charge in [-0.25, -0.2) is 18.0 Å². The molecule has 3 N–H and O–H groups in total. The fraction of sp³-hybridized carbons (Fsp3) is 0.0417. The molecule has 0 aliphatic carbocycles. The van der Waals surface area contributed by atoms with Crippen LogP contribution in [0.3, 0.4) is 0 Å². The van der Waals surface area contributed by atoms with Crippen molar-refractivity contribution in [1.29, 1.82) is 0 Å². The molecule has 1 unspecified atom stereocenters. The molecule has 0 bridgehead atoms. The van der Waals surface area contributed by atoms with Gasteiger partial charge in [0.2, 0.25) is 5.54 Å². The molecular weight excluding hydrogens is 515 g/mol. The van der Waals surface area contributed by atoms with Gasteiger partial charge in [-0.05, 0) is 48.0 Å². The van der Waals surface area contributed by atoms with Gasteiger partial charge in [0.1, 0.15) is 0 Å². The van der Waals surface area contributed by atoms with Gasteiger partial charge in [0, 0.05) is 27.6 Å². The van der Waals surface area contributed by atoms with Crippen molar-refractivity contribution in [1.82, 2.24) is 0 Å². The third kappa shape index (κ3) is 4.53. The Labute approximate surface area is 209 Å². The lowest BCUT2D eigenvalue weighted by Crippen LogP contribution is -2.34. The molecule has 11 heteroatoms. The van der Waals surface area contributed by atoms with Crippen molar-refractivity contribution >= 4 is 56.4 Å². The van der Waals surface area contributed by atoms with Crippen molar-refractivity contribution in [3.8, 4) is 0 Å². The summed E-state index contributed by atoms with van der Waals surface area (Å²) in [6.45, 7) is 0. The van der Waals surface area contributed by atoms with Crippen LogP contribution in [0.25, 0.3) is 5.57 Å². The lowest BCUT2D eigenvalue weighted by molar-refractivity contribution is -0.141. The first kappa shape index (κ1) is 24.5. The molecule has 0 saturated carbocycles. The van der Waals surface area contributed by atoms with Crippen molar-refractivity contribution in [2.45, 2.75) is 10.4 Å². The van der Waals surface area contributed by atoms with Gasteiger partial charge in [-0.1, -0.05) is 53.5 Å². The fourth-order valence-electron chi connectivity index (χ4n) is 3.79. The third-order valence-corrected chi connectivity index (χ3v) is 7.21. The molecule has 3 aromatic rings. The van der Waals surface area contributed by atoms with Crippen molar-refractivity contribution in [2.24, 2.45) is 4.99 Å². The van der Waals surface area contributed by atoms with E-state index in [0.717, 1.165) is 12.2 Å². The summed E-state index contributed by atoms with van der Waals surface area (Å²) in [6.07, 6.45) is 1.93. The molecule has 3 aromatic carbocycles. The zero-order chi connectivity index (χ0) is 25.4. The van der Waals surface area contributed by atoms with E-state index in [0.29, 0.717) is 0 Å². The molecule has 35 heavy (non-hydrogen) atoms. The van der Waals surface area contributed by atoms with Gasteiger partial charge in [-0.2, -0.15) is 0 Å². The first-order valence-corrected chi connectivity index (χ1v) is 12.2. The van der Waals surface area contributed by atoms with E-state index in [9.17, 15) is 23.1 Å². The van der Waals surface area contributed by atoms with E-state index in [1.807, 2.05) is 0 Å². The van der Waals surface area contributed by atoms with Crippen LogP contribution in [0.1, 0.15) is 5.56 Å². The number of sulfonamides is 1. The molecule has 0 fully saturated rings. The Hall–Kier alpha value is -3.66. The first-order chi connectivity index (χ1) is 16.5. The average molecular weight is 531 g/mol. The number of hydrogen-bond donors (Lipinski definition) is 3. The van der Waals surface area contributed by atoms with Crippen LogP contribution in [-0.4, -0.2) is 30.6 Å². The molecule has 1 aliphatic heterocycles. The van der Waals surface area contributed by atoms with E-state index in [-0.39, 0.29) is 42.3 Å². The lowest BCUT2D eigenvalue weighted by atomic mass is 9.83. The molecule has 178 valence electrons. The van der Waals surface area contributed by atoms with E-state index in [1.165, 1.54) is 48.5 Å². The molecule has 0 amide bonds.